The van der Waals surface area contributed by atoms with Gasteiger partial charge in [0, 0.05) is 28.4 Å². The molecule has 1 N–H and O–H groups in total. The smallest absolute Gasteiger partial charge is 0.0684 e. The summed E-state index contributed by atoms with van der Waals surface area (Å²) in [5, 5.41) is 12.2. The third-order valence-electron chi connectivity index (χ3n) is 5.35. The topological polar surface area (TPSA) is 25.2 Å². The van der Waals surface area contributed by atoms with E-state index in [9.17, 15) is 5.11 Å². The molecule has 0 atom stereocenters. The first-order valence-electron chi connectivity index (χ1n) is 9.49. The van der Waals surface area contributed by atoms with E-state index in [2.05, 4.69) is 66.1 Å². The summed E-state index contributed by atoms with van der Waals surface area (Å²) in [5.74, 6) is 0. The van der Waals surface area contributed by atoms with Gasteiger partial charge in [0.15, 0.2) is 0 Å². The van der Waals surface area contributed by atoms with Crippen LogP contribution in [0.2, 0.25) is 0 Å². The number of aliphatic hydroxyl groups excluding tert-OH is 1. The lowest BCUT2D eigenvalue weighted by atomic mass is 9.99. The Morgan fingerprint density at radius 1 is 0.769 bits per heavy atom. The predicted molar refractivity (Wildman–Crippen MR) is 110 cm³/mol. The van der Waals surface area contributed by atoms with Crippen LogP contribution in [0.1, 0.15) is 30.0 Å². The second-order valence-electron chi connectivity index (χ2n) is 6.89. The minimum absolute atomic E-state index is 0.124. The van der Waals surface area contributed by atoms with Crippen LogP contribution in [0.25, 0.3) is 21.8 Å². The van der Waals surface area contributed by atoms with E-state index < -0.39 is 0 Å². The van der Waals surface area contributed by atoms with Crippen molar-refractivity contribution in [3.8, 4) is 0 Å². The Kier molecular flexibility index (Phi) is 4.77. The molecule has 0 aliphatic rings. The highest BCUT2D eigenvalue weighted by molar-refractivity contribution is 6.08. The van der Waals surface area contributed by atoms with E-state index in [-0.39, 0.29) is 6.61 Å². The van der Waals surface area contributed by atoms with Crippen LogP contribution in [-0.4, -0.2) is 9.67 Å². The Morgan fingerprint density at radius 3 is 2.31 bits per heavy atom. The van der Waals surface area contributed by atoms with Crippen LogP contribution in [0.3, 0.4) is 0 Å². The SMILES string of the molecule is CCn1c2ccccc2c2cc(CCCc3ccccc3CO)ccc21. The number of fused-ring (bicyclic) bond motifs is 3. The monoisotopic (exact) mass is 343 g/mol. The maximum atomic E-state index is 9.48. The fourth-order valence-electron chi connectivity index (χ4n) is 4.04. The number of para-hydroxylation sites is 1. The van der Waals surface area contributed by atoms with E-state index in [1.165, 1.54) is 32.9 Å². The van der Waals surface area contributed by atoms with Crippen molar-refractivity contribution in [3.05, 3.63) is 83.4 Å². The molecule has 0 bridgehead atoms. The molecule has 0 amide bonds. The molecule has 0 saturated heterocycles. The maximum Gasteiger partial charge on any atom is 0.0684 e. The van der Waals surface area contributed by atoms with Crippen molar-refractivity contribution in [2.75, 3.05) is 0 Å². The summed E-state index contributed by atoms with van der Waals surface area (Å²) < 4.78 is 2.39. The summed E-state index contributed by atoms with van der Waals surface area (Å²) in [4.78, 5) is 0. The van der Waals surface area contributed by atoms with Crippen molar-refractivity contribution in [2.45, 2.75) is 39.3 Å². The summed E-state index contributed by atoms with van der Waals surface area (Å²) in [6.45, 7) is 3.32. The summed E-state index contributed by atoms with van der Waals surface area (Å²) in [5.41, 5.74) is 6.34. The van der Waals surface area contributed by atoms with Gasteiger partial charge in [-0.3, -0.25) is 0 Å². The van der Waals surface area contributed by atoms with Crippen LogP contribution >= 0.6 is 0 Å². The molecule has 0 fully saturated rings. The average molecular weight is 343 g/mol. The molecule has 0 radical (unpaired) electrons. The molecule has 4 rings (SSSR count). The normalized spacial score (nSPS) is 11.5. The Hall–Kier alpha value is -2.58. The summed E-state index contributed by atoms with van der Waals surface area (Å²) in [6.07, 6.45) is 3.15. The lowest BCUT2D eigenvalue weighted by molar-refractivity contribution is 0.280. The number of benzene rings is 3. The van der Waals surface area contributed by atoms with Crippen molar-refractivity contribution >= 4 is 21.8 Å². The Morgan fingerprint density at radius 2 is 1.50 bits per heavy atom. The minimum Gasteiger partial charge on any atom is -0.392 e. The van der Waals surface area contributed by atoms with Gasteiger partial charge in [-0.2, -0.15) is 0 Å². The molecule has 0 saturated carbocycles. The van der Waals surface area contributed by atoms with Crippen molar-refractivity contribution in [1.82, 2.24) is 4.57 Å². The van der Waals surface area contributed by atoms with E-state index in [0.717, 1.165) is 31.4 Å². The number of hydrogen-bond acceptors (Lipinski definition) is 1. The van der Waals surface area contributed by atoms with Gasteiger partial charge in [0.25, 0.3) is 0 Å². The van der Waals surface area contributed by atoms with E-state index in [1.807, 2.05) is 12.1 Å². The standard InChI is InChI=1S/C24H25NO/c1-2-25-23-13-6-5-12-21(23)22-16-18(14-15-24(22)25)8-7-11-19-9-3-4-10-20(19)17-26/h3-6,9-10,12-16,26H,2,7-8,11,17H2,1H3. The van der Waals surface area contributed by atoms with Crippen LogP contribution in [-0.2, 0) is 26.0 Å². The maximum absolute atomic E-state index is 9.48. The Balaban J connectivity index is 1.59. The van der Waals surface area contributed by atoms with Gasteiger partial charge < -0.3 is 9.67 Å². The van der Waals surface area contributed by atoms with Crippen LogP contribution < -0.4 is 0 Å². The predicted octanol–water partition coefficient (Wildman–Crippen LogP) is 5.48. The molecule has 26 heavy (non-hydrogen) atoms. The number of nitrogens with zero attached hydrogens (tertiary/aromatic N) is 1. The number of hydrogen-bond donors (Lipinski definition) is 1. The molecular formula is C24H25NO. The first kappa shape index (κ1) is 16.9. The van der Waals surface area contributed by atoms with E-state index >= 15 is 0 Å². The molecule has 0 unspecified atom stereocenters. The highest BCUT2D eigenvalue weighted by Crippen LogP contribution is 2.30. The molecule has 132 valence electrons. The van der Waals surface area contributed by atoms with Crippen molar-refractivity contribution in [1.29, 1.82) is 0 Å². The van der Waals surface area contributed by atoms with Gasteiger partial charge in [-0.1, -0.05) is 48.5 Å². The second kappa shape index (κ2) is 7.35. The van der Waals surface area contributed by atoms with Gasteiger partial charge in [-0.05, 0) is 61.1 Å². The third-order valence-corrected chi connectivity index (χ3v) is 5.35. The van der Waals surface area contributed by atoms with Crippen molar-refractivity contribution < 1.29 is 5.11 Å². The van der Waals surface area contributed by atoms with Gasteiger partial charge >= 0.3 is 0 Å². The molecule has 1 heterocycles. The quantitative estimate of drug-likeness (QED) is 0.492. The zero-order valence-electron chi connectivity index (χ0n) is 15.3. The van der Waals surface area contributed by atoms with Gasteiger partial charge in [-0.25, -0.2) is 0 Å². The Labute approximate surface area is 154 Å². The molecule has 0 aliphatic heterocycles. The van der Waals surface area contributed by atoms with Crippen LogP contribution in [0.15, 0.2) is 66.7 Å². The lowest BCUT2D eigenvalue weighted by Gasteiger charge is -2.08. The zero-order chi connectivity index (χ0) is 17.9. The highest BCUT2D eigenvalue weighted by Gasteiger charge is 2.09. The summed E-state index contributed by atoms with van der Waals surface area (Å²) in [7, 11) is 0. The van der Waals surface area contributed by atoms with Gasteiger partial charge in [0.1, 0.15) is 0 Å². The van der Waals surface area contributed by atoms with E-state index in [0.29, 0.717) is 0 Å². The summed E-state index contributed by atoms with van der Waals surface area (Å²) in [6, 6.07) is 23.8. The van der Waals surface area contributed by atoms with Gasteiger partial charge in [0.2, 0.25) is 0 Å². The lowest BCUT2D eigenvalue weighted by Crippen LogP contribution is -1.96. The first-order chi connectivity index (χ1) is 12.8. The second-order valence-corrected chi connectivity index (χ2v) is 6.89. The number of aryl methyl sites for hydroxylation is 3. The number of rotatable bonds is 6. The zero-order valence-corrected chi connectivity index (χ0v) is 15.3. The van der Waals surface area contributed by atoms with Crippen LogP contribution in [0, 0.1) is 0 Å². The third kappa shape index (κ3) is 3.02. The van der Waals surface area contributed by atoms with Gasteiger partial charge in [-0.15, -0.1) is 0 Å². The largest absolute Gasteiger partial charge is 0.392 e. The molecule has 4 aromatic rings. The molecule has 3 aromatic carbocycles. The molecule has 2 nitrogen and oxygen atoms in total. The van der Waals surface area contributed by atoms with Crippen molar-refractivity contribution in [2.24, 2.45) is 0 Å². The average Bonchev–Trinajstić information content (AvgIpc) is 3.01. The van der Waals surface area contributed by atoms with Crippen LogP contribution in [0.4, 0.5) is 0 Å². The highest BCUT2D eigenvalue weighted by atomic mass is 16.3. The molecule has 0 spiro atoms. The first-order valence-corrected chi connectivity index (χ1v) is 9.49. The molecule has 2 heteroatoms. The van der Waals surface area contributed by atoms with E-state index in [4.69, 9.17) is 0 Å². The molecule has 1 aromatic heterocycles. The minimum atomic E-state index is 0.124. The van der Waals surface area contributed by atoms with Crippen LogP contribution in [0.5, 0.6) is 0 Å². The van der Waals surface area contributed by atoms with Gasteiger partial charge in [0.05, 0.1) is 6.61 Å². The van der Waals surface area contributed by atoms with Crippen molar-refractivity contribution in [3.63, 3.8) is 0 Å². The fraction of sp³-hybridized carbons (Fsp3) is 0.250. The Bertz CT molecular complexity index is 1040. The fourth-order valence-corrected chi connectivity index (χ4v) is 4.04. The number of aromatic nitrogens is 1. The van der Waals surface area contributed by atoms with E-state index in [1.54, 1.807) is 0 Å². The number of aliphatic hydroxyl groups is 1. The molecular weight excluding hydrogens is 318 g/mol. The summed E-state index contributed by atoms with van der Waals surface area (Å²) >= 11 is 0. The molecule has 0 aliphatic carbocycles.